The first kappa shape index (κ1) is 18.7. The maximum Gasteiger partial charge on any atom is 0.280 e. The van der Waals surface area contributed by atoms with Crippen LogP contribution in [0.15, 0.2) is 40.2 Å². The molecule has 0 bridgehead atoms. The van der Waals surface area contributed by atoms with Crippen molar-refractivity contribution < 1.29 is 8.91 Å². The lowest BCUT2D eigenvalue weighted by Crippen LogP contribution is -2.24. The molecule has 160 valence electrons. The molecule has 11 heteroatoms. The van der Waals surface area contributed by atoms with Gasteiger partial charge in [-0.3, -0.25) is 9.36 Å². The number of aryl methyl sites for hydroxylation is 1. The van der Waals surface area contributed by atoms with Gasteiger partial charge in [-0.05, 0) is 30.0 Å². The van der Waals surface area contributed by atoms with Crippen molar-refractivity contribution >= 4 is 16.9 Å². The van der Waals surface area contributed by atoms with Crippen LogP contribution >= 0.6 is 0 Å². The van der Waals surface area contributed by atoms with E-state index in [0.717, 1.165) is 18.8 Å². The normalized spacial score (nSPS) is 21.7. The highest BCUT2D eigenvalue weighted by molar-refractivity contribution is 5.68. The van der Waals surface area contributed by atoms with Gasteiger partial charge in [0, 0.05) is 31.7 Å². The van der Waals surface area contributed by atoms with Gasteiger partial charge in [-0.15, -0.1) is 0 Å². The van der Waals surface area contributed by atoms with E-state index in [1.165, 1.54) is 23.0 Å². The van der Waals surface area contributed by atoms with E-state index in [1.54, 1.807) is 24.0 Å². The molecule has 1 saturated heterocycles. The van der Waals surface area contributed by atoms with Crippen LogP contribution in [0.4, 0.5) is 10.1 Å². The molecule has 2 fully saturated rings. The number of nitriles is 1. The topological polar surface area (TPSA) is 119 Å². The van der Waals surface area contributed by atoms with Crippen LogP contribution in [0.3, 0.4) is 0 Å². The van der Waals surface area contributed by atoms with Crippen molar-refractivity contribution in [3.8, 4) is 6.07 Å². The Labute approximate surface area is 180 Å². The van der Waals surface area contributed by atoms with E-state index in [0.29, 0.717) is 34.7 Å². The first-order valence-electron chi connectivity index (χ1n) is 10.2. The van der Waals surface area contributed by atoms with Crippen molar-refractivity contribution in [3.05, 3.63) is 64.3 Å². The average Bonchev–Trinajstić information content (AvgIpc) is 3.21. The Bertz CT molecular complexity index is 1450. The zero-order valence-corrected chi connectivity index (χ0v) is 17.0. The van der Waals surface area contributed by atoms with E-state index < -0.39 is 5.82 Å². The second-order valence-electron chi connectivity index (χ2n) is 8.29. The molecule has 2 aliphatic rings. The number of imidazole rings is 1. The van der Waals surface area contributed by atoms with Crippen molar-refractivity contribution in [2.24, 2.45) is 18.9 Å². The van der Waals surface area contributed by atoms with Crippen LogP contribution in [0, 0.1) is 29.0 Å². The summed E-state index contributed by atoms with van der Waals surface area (Å²) in [5.41, 5.74) is 1.43. The minimum atomic E-state index is -0.501. The van der Waals surface area contributed by atoms with Crippen molar-refractivity contribution in [3.63, 3.8) is 0 Å². The lowest BCUT2D eigenvalue weighted by molar-refractivity contribution is 0.363. The third-order valence-corrected chi connectivity index (χ3v) is 6.42. The van der Waals surface area contributed by atoms with E-state index in [2.05, 4.69) is 25.0 Å². The summed E-state index contributed by atoms with van der Waals surface area (Å²) in [5.74, 6) is 1.42. The summed E-state index contributed by atoms with van der Waals surface area (Å²) in [5, 5.41) is 13.0. The first-order valence-corrected chi connectivity index (χ1v) is 10.2. The van der Waals surface area contributed by atoms with Gasteiger partial charge < -0.3 is 14.0 Å². The molecule has 1 saturated carbocycles. The largest absolute Gasteiger partial charge is 0.371 e. The molecule has 1 aliphatic heterocycles. The Kier molecular flexibility index (Phi) is 3.92. The van der Waals surface area contributed by atoms with Gasteiger partial charge in [-0.2, -0.15) is 10.2 Å². The van der Waals surface area contributed by atoms with Crippen LogP contribution in [0.1, 0.15) is 23.2 Å². The number of anilines is 1. The molecule has 32 heavy (non-hydrogen) atoms. The minimum Gasteiger partial charge on any atom is -0.371 e. The zero-order chi connectivity index (χ0) is 22.0. The quantitative estimate of drug-likeness (QED) is 0.475. The summed E-state index contributed by atoms with van der Waals surface area (Å²) in [4.78, 5) is 27.6. The summed E-state index contributed by atoms with van der Waals surface area (Å²) in [7, 11) is 1.75. The fourth-order valence-electron chi connectivity index (χ4n) is 4.71. The molecular weight excluding hydrogens is 415 g/mol. The monoisotopic (exact) mass is 432 g/mol. The number of hydrogen-bond acceptors (Lipinski definition) is 8. The minimum absolute atomic E-state index is 0.0483. The number of aromatic nitrogens is 6. The Hall–Kier alpha value is -4.07. The van der Waals surface area contributed by atoms with Gasteiger partial charge in [0.2, 0.25) is 5.89 Å². The number of benzene rings is 1. The fraction of sp³-hybridized carbons (Fsp3) is 0.333. The highest BCUT2D eigenvalue weighted by Gasteiger charge is 2.58. The number of rotatable bonds is 4. The van der Waals surface area contributed by atoms with Crippen molar-refractivity contribution in [2.45, 2.75) is 12.5 Å². The van der Waals surface area contributed by atoms with Crippen LogP contribution in [-0.4, -0.2) is 42.3 Å². The molecule has 0 amide bonds. The van der Waals surface area contributed by atoms with Crippen molar-refractivity contribution in [2.75, 3.05) is 18.0 Å². The van der Waals surface area contributed by atoms with Crippen LogP contribution < -0.4 is 10.5 Å². The molecule has 1 aliphatic carbocycles. The van der Waals surface area contributed by atoms with Gasteiger partial charge in [0.05, 0.1) is 11.9 Å². The SMILES string of the molecule is Cn1cnc2ncn(Cc3nc(C4C5CN(c6ccc(C#N)c(F)c6)CC54)no3)c(=O)c21. The third kappa shape index (κ3) is 2.80. The van der Waals surface area contributed by atoms with E-state index >= 15 is 0 Å². The second-order valence-corrected chi connectivity index (χ2v) is 8.29. The smallest absolute Gasteiger partial charge is 0.280 e. The first-order chi connectivity index (χ1) is 15.5. The molecule has 4 heterocycles. The molecule has 4 aromatic rings. The van der Waals surface area contributed by atoms with Crippen LogP contribution in [0.5, 0.6) is 0 Å². The van der Waals surface area contributed by atoms with Gasteiger partial charge in [0.1, 0.15) is 24.8 Å². The summed E-state index contributed by atoms with van der Waals surface area (Å²) >= 11 is 0. The van der Waals surface area contributed by atoms with Crippen LogP contribution in [0.2, 0.25) is 0 Å². The molecular formula is C21H17FN8O2. The summed E-state index contributed by atoms with van der Waals surface area (Å²) < 4.78 is 22.4. The van der Waals surface area contributed by atoms with Gasteiger partial charge in [0.25, 0.3) is 5.56 Å². The number of nitrogens with zero attached hydrogens (tertiary/aromatic N) is 8. The van der Waals surface area contributed by atoms with E-state index in [1.807, 2.05) is 6.07 Å². The molecule has 3 aromatic heterocycles. The molecule has 6 rings (SSSR count). The predicted octanol–water partition coefficient (Wildman–Crippen LogP) is 1.42. The second kappa shape index (κ2) is 6.71. The van der Waals surface area contributed by atoms with Gasteiger partial charge in [0.15, 0.2) is 17.0 Å². The Morgan fingerprint density at radius 3 is 2.78 bits per heavy atom. The molecule has 0 radical (unpaired) electrons. The molecule has 10 nitrogen and oxygen atoms in total. The highest BCUT2D eigenvalue weighted by Crippen LogP contribution is 2.57. The summed E-state index contributed by atoms with van der Waals surface area (Å²) in [6, 6.07) is 6.54. The maximum atomic E-state index is 13.9. The highest BCUT2D eigenvalue weighted by atomic mass is 19.1. The Morgan fingerprint density at radius 2 is 2.03 bits per heavy atom. The number of halogens is 1. The molecule has 0 N–H and O–H groups in total. The summed E-state index contributed by atoms with van der Waals surface area (Å²) in [6.07, 6.45) is 2.98. The van der Waals surface area contributed by atoms with Gasteiger partial charge in [-0.25, -0.2) is 14.4 Å². The van der Waals surface area contributed by atoms with Gasteiger partial charge in [-0.1, -0.05) is 5.16 Å². The van der Waals surface area contributed by atoms with Crippen molar-refractivity contribution in [1.29, 1.82) is 5.26 Å². The van der Waals surface area contributed by atoms with E-state index in [-0.39, 0.29) is 23.6 Å². The molecule has 0 spiro atoms. The standard InChI is InChI=1S/C21H17FN8O2/c1-28-9-24-20-18(28)21(31)30(10-25-20)8-16-26-19(27-32-16)17-13-6-29(7-14(13)17)12-3-2-11(5-23)15(22)4-12/h2-4,9-10,13-14,17H,6-8H2,1H3. The number of hydrogen-bond donors (Lipinski definition) is 0. The Balaban J connectivity index is 1.15. The molecule has 2 atom stereocenters. The number of fused-ring (bicyclic) bond motifs is 2. The van der Waals surface area contributed by atoms with Crippen LogP contribution in [0.25, 0.3) is 11.2 Å². The molecule has 1 aromatic carbocycles. The fourth-order valence-corrected chi connectivity index (χ4v) is 4.71. The number of piperidine rings is 1. The lowest BCUT2D eigenvalue weighted by Gasteiger charge is -2.21. The van der Waals surface area contributed by atoms with E-state index in [4.69, 9.17) is 9.78 Å². The Morgan fingerprint density at radius 1 is 1.25 bits per heavy atom. The van der Waals surface area contributed by atoms with Crippen LogP contribution in [-0.2, 0) is 13.6 Å². The summed E-state index contributed by atoms with van der Waals surface area (Å²) in [6.45, 7) is 1.68. The van der Waals surface area contributed by atoms with Crippen molar-refractivity contribution in [1.82, 2.24) is 29.2 Å². The average molecular weight is 432 g/mol. The zero-order valence-electron chi connectivity index (χ0n) is 17.0. The van der Waals surface area contributed by atoms with Gasteiger partial charge >= 0.3 is 0 Å². The molecule has 2 unspecified atom stereocenters. The predicted molar refractivity (Wildman–Crippen MR) is 109 cm³/mol. The lowest BCUT2D eigenvalue weighted by atomic mass is 10.2. The van der Waals surface area contributed by atoms with E-state index in [9.17, 15) is 9.18 Å². The maximum absolute atomic E-state index is 13.9. The third-order valence-electron chi connectivity index (χ3n) is 6.42.